The standard InChI is InChI=1S/C16H23NO4/c1-16(2,3)13(15(19)20)14(18)17-10-9-11-5-7-12(21-4)8-6-11/h5-8,13H,9-10H2,1-4H3,(H,17,18)(H,19,20). The Hall–Kier alpha value is -2.04. The lowest BCUT2D eigenvalue weighted by Crippen LogP contribution is -2.43. The Morgan fingerprint density at radius 3 is 2.24 bits per heavy atom. The molecule has 0 aliphatic carbocycles. The fourth-order valence-corrected chi connectivity index (χ4v) is 2.10. The van der Waals surface area contributed by atoms with Gasteiger partial charge in [0.2, 0.25) is 5.91 Å². The van der Waals surface area contributed by atoms with E-state index in [-0.39, 0.29) is 0 Å². The van der Waals surface area contributed by atoms with E-state index in [0.29, 0.717) is 13.0 Å². The van der Waals surface area contributed by atoms with Gasteiger partial charge in [-0.2, -0.15) is 0 Å². The van der Waals surface area contributed by atoms with Crippen LogP contribution in [0.1, 0.15) is 26.3 Å². The van der Waals surface area contributed by atoms with Crippen molar-refractivity contribution in [3.63, 3.8) is 0 Å². The van der Waals surface area contributed by atoms with E-state index in [1.165, 1.54) is 0 Å². The number of carbonyl (C=O) groups excluding carboxylic acids is 1. The number of methoxy groups -OCH3 is 1. The van der Waals surface area contributed by atoms with Gasteiger partial charge in [-0.3, -0.25) is 9.59 Å². The highest BCUT2D eigenvalue weighted by molar-refractivity contribution is 5.97. The van der Waals surface area contributed by atoms with Gasteiger partial charge in [0.15, 0.2) is 0 Å². The lowest BCUT2D eigenvalue weighted by atomic mass is 9.80. The van der Waals surface area contributed by atoms with Crippen molar-refractivity contribution >= 4 is 11.9 Å². The van der Waals surface area contributed by atoms with Crippen LogP contribution in [0.5, 0.6) is 5.75 Å². The normalized spacial score (nSPS) is 12.6. The molecule has 0 bridgehead atoms. The number of benzene rings is 1. The van der Waals surface area contributed by atoms with Crippen molar-refractivity contribution in [1.82, 2.24) is 5.32 Å². The van der Waals surface area contributed by atoms with Gasteiger partial charge in [0.25, 0.3) is 0 Å². The quantitative estimate of drug-likeness (QED) is 0.788. The highest BCUT2D eigenvalue weighted by Gasteiger charge is 2.37. The second kappa shape index (κ2) is 7.11. The number of carboxylic acids is 1. The van der Waals surface area contributed by atoms with Gasteiger partial charge in [-0.25, -0.2) is 0 Å². The van der Waals surface area contributed by atoms with Crippen LogP contribution in [0.4, 0.5) is 0 Å². The van der Waals surface area contributed by atoms with Gasteiger partial charge in [-0.15, -0.1) is 0 Å². The van der Waals surface area contributed by atoms with Crippen molar-refractivity contribution < 1.29 is 19.4 Å². The average molecular weight is 293 g/mol. The molecule has 0 heterocycles. The molecule has 1 aromatic carbocycles. The Kier molecular flexibility index (Phi) is 5.76. The summed E-state index contributed by atoms with van der Waals surface area (Å²) >= 11 is 0. The number of nitrogens with one attached hydrogen (secondary N) is 1. The summed E-state index contributed by atoms with van der Waals surface area (Å²) in [6, 6.07) is 7.55. The zero-order valence-corrected chi connectivity index (χ0v) is 13.0. The van der Waals surface area contributed by atoms with Gasteiger partial charge >= 0.3 is 5.97 Å². The number of ether oxygens (including phenoxy) is 1. The fraction of sp³-hybridized carbons (Fsp3) is 0.500. The lowest BCUT2D eigenvalue weighted by Gasteiger charge is -2.25. The van der Waals surface area contributed by atoms with Gasteiger partial charge in [0, 0.05) is 6.54 Å². The van der Waals surface area contributed by atoms with Crippen LogP contribution in [0.25, 0.3) is 0 Å². The zero-order valence-electron chi connectivity index (χ0n) is 13.0. The third-order valence-corrected chi connectivity index (χ3v) is 3.25. The Morgan fingerprint density at radius 1 is 1.24 bits per heavy atom. The largest absolute Gasteiger partial charge is 0.497 e. The molecule has 0 fully saturated rings. The first-order chi connectivity index (χ1) is 9.75. The highest BCUT2D eigenvalue weighted by atomic mass is 16.5. The van der Waals surface area contributed by atoms with Crippen LogP contribution in [0, 0.1) is 11.3 Å². The van der Waals surface area contributed by atoms with Gasteiger partial charge in [-0.05, 0) is 29.5 Å². The van der Waals surface area contributed by atoms with Crippen molar-refractivity contribution in [3.05, 3.63) is 29.8 Å². The van der Waals surface area contributed by atoms with Gasteiger partial charge in [-0.1, -0.05) is 32.9 Å². The zero-order chi connectivity index (χ0) is 16.0. The molecule has 0 aliphatic heterocycles. The molecule has 1 unspecified atom stereocenters. The van der Waals surface area contributed by atoms with Crippen LogP contribution >= 0.6 is 0 Å². The summed E-state index contributed by atoms with van der Waals surface area (Å²) in [5.74, 6) is -1.80. The maximum atomic E-state index is 12.0. The van der Waals surface area contributed by atoms with Crippen LogP contribution in [-0.2, 0) is 16.0 Å². The molecule has 21 heavy (non-hydrogen) atoms. The van der Waals surface area contributed by atoms with Crippen LogP contribution in [0.2, 0.25) is 0 Å². The fourth-order valence-electron chi connectivity index (χ4n) is 2.10. The molecule has 0 spiro atoms. The Labute approximate surface area is 125 Å². The molecular formula is C16H23NO4. The Bertz CT molecular complexity index is 488. The number of carbonyl (C=O) groups is 2. The molecule has 0 aliphatic rings. The van der Waals surface area contributed by atoms with Crippen molar-refractivity contribution in [2.75, 3.05) is 13.7 Å². The Morgan fingerprint density at radius 2 is 1.81 bits per heavy atom. The first-order valence-corrected chi connectivity index (χ1v) is 6.89. The van der Waals surface area contributed by atoms with Crippen molar-refractivity contribution in [1.29, 1.82) is 0 Å². The summed E-state index contributed by atoms with van der Waals surface area (Å²) in [5.41, 5.74) is 0.439. The smallest absolute Gasteiger partial charge is 0.316 e. The minimum absolute atomic E-state index is 0.408. The minimum atomic E-state index is -1.09. The summed E-state index contributed by atoms with van der Waals surface area (Å²) in [4.78, 5) is 23.2. The van der Waals surface area contributed by atoms with Gasteiger partial charge in [0.1, 0.15) is 11.7 Å². The molecule has 1 atom stereocenters. The molecule has 2 N–H and O–H groups in total. The molecule has 5 heteroatoms. The highest BCUT2D eigenvalue weighted by Crippen LogP contribution is 2.26. The van der Waals surface area contributed by atoms with Crippen LogP contribution in [0.3, 0.4) is 0 Å². The predicted molar refractivity (Wildman–Crippen MR) is 80.3 cm³/mol. The van der Waals surface area contributed by atoms with E-state index < -0.39 is 23.2 Å². The first-order valence-electron chi connectivity index (χ1n) is 6.89. The van der Waals surface area contributed by atoms with Crippen molar-refractivity contribution in [2.45, 2.75) is 27.2 Å². The Balaban J connectivity index is 2.53. The summed E-state index contributed by atoms with van der Waals surface area (Å²) in [6.07, 6.45) is 0.645. The molecule has 5 nitrogen and oxygen atoms in total. The third-order valence-electron chi connectivity index (χ3n) is 3.25. The van der Waals surface area contributed by atoms with Crippen molar-refractivity contribution in [2.24, 2.45) is 11.3 Å². The lowest BCUT2D eigenvalue weighted by molar-refractivity contribution is -0.151. The van der Waals surface area contributed by atoms with E-state index in [9.17, 15) is 14.7 Å². The number of hydrogen-bond donors (Lipinski definition) is 2. The van der Waals surface area contributed by atoms with Gasteiger partial charge < -0.3 is 15.2 Å². The molecule has 116 valence electrons. The molecule has 0 saturated heterocycles. The second-order valence-corrected chi connectivity index (χ2v) is 6.03. The average Bonchev–Trinajstić information content (AvgIpc) is 2.37. The second-order valence-electron chi connectivity index (χ2n) is 6.03. The SMILES string of the molecule is COc1ccc(CCNC(=O)C(C(=O)O)C(C)(C)C)cc1. The van der Waals surface area contributed by atoms with E-state index in [2.05, 4.69) is 5.32 Å². The summed E-state index contributed by atoms with van der Waals surface area (Å²) in [7, 11) is 1.60. The number of amides is 1. The van der Waals surface area contributed by atoms with E-state index in [0.717, 1.165) is 11.3 Å². The first kappa shape index (κ1) is 17.0. The molecule has 0 radical (unpaired) electrons. The van der Waals surface area contributed by atoms with Crippen LogP contribution < -0.4 is 10.1 Å². The summed E-state index contributed by atoms with van der Waals surface area (Å²) < 4.78 is 5.07. The molecule has 0 saturated carbocycles. The topological polar surface area (TPSA) is 75.6 Å². The number of hydrogen-bond acceptors (Lipinski definition) is 3. The van der Waals surface area contributed by atoms with E-state index in [1.54, 1.807) is 27.9 Å². The van der Waals surface area contributed by atoms with E-state index in [4.69, 9.17) is 4.74 Å². The monoisotopic (exact) mass is 293 g/mol. The maximum absolute atomic E-state index is 12.0. The third kappa shape index (κ3) is 5.10. The summed E-state index contributed by atoms with van der Waals surface area (Å²) in [5, 5.41) is 11.9. The molecular weight excluding hydrogens is 270 g/mol. The molecule has 1 aromatic rings. The van der Waals surface area contributed by atoms with E-state index in [1.807, 2.05) is 24.3 Å². The minimum Gasteiger partial charge on any atom is -0.497 e. The van der Waals surface area contributed by atoms with Crippen molar-refractivity contribution in [3.8, 4) is 5.75 Å². The molecule has 0 aromatic heterocycles. The number of aliphatic carboxylic acids is 1. The van der Waals surface area contributed by atoms with Gasteiger partial charge in [0.05, 0.1) is 7.11 Å². The molecule has 1 rings (SSSR count). The van der Waals surface area contributed by atoms with Crippen LogP contribution in [-0.4, -0.2) is 30.6 Å². The maximum Gasteiger partial charge on any atom is 0.316 e. The van der Waals surface area contributed by atoms with Crippen LogP contribution in [0.15, 0.2) is 24.3 Å². The number of rotatable bonds is 6. The number of carboxylic acid groups (broad SMARTS) is 1. The predicted octanol–water partition coefficient (Wildman–Crippen LogP) is 2.10. The molecule has 1 amide bonds. The van der Waals surface area contributed by atoms with E-state index >= 15 is 0 Å². The summed E-state index contributed by atoms with van der Waals surface area (Å²) in [6.45, 7) is 5.64.